The Labute approximate surface area is 115 Å². The number of aliphatic hydroxyl groups is 1. The van der Waals surface area contributed by atoms with E-state index in [1.54, 1.807) is 0 Å². The molecule has 0 spiro atoms. The number of rotatable bonds is 8. The largest absolute Gasteiger partial charge is 0.395 e. The van der Waals surface area contributed by atoms with Crippen LogP contribution in [0.2, 0.25) is 5.02 Å². The summed E-state index contributed by atoms with van der Waals surface area (Å²) in [6, 6.07) is 7.93. The van der Waals surface area contributed by atoms with Crippen LogP contribution in [-0.4, -0.2) is 36.2 Å². The number of nitrogens with two attached hydrogens (primary N) is 1. The molecule has 0 amide bonds. The summed E-state index contributed by atoms with van der Waals surface area (Å²) in [6.07, 6.45) is 2.24. The molecule has 3 N–H and O–H groups in total. The summed E-state index contributed by atoms with van der Waals surface area (Å²) < 4.78 is 0. The molecule has 18 heavy (non-hydrogen) atoms. The number of nitrogens with zero attached hydrogens (tertiary/aromatic N) is 1. The van der Waals surface area contributed by atoms with Crippen molar-refractivity contribution in [1.82, 2.24) is 4.90 Å². The molecule has 0 saturated carbocycles. The first-order valence-corrected chi connectivity index (χ1v) is 6.91. The van der Waals surface area contributed by atoms with Crippen molar-refractivity contribution in [2.75, 3.05) is 26.2 Å². The van der Waals surface area contributed by atoms with E-state index in [0.29, 0.717) is 13.1 Å². The van der Waals surface area contributed by atoms with E-state index < -0.39 is 0 Å². The standard InChI is InChI=1S/C14H23ClN2O/c1-2-3-7-17(8-9-18)14(11-16)12-5-4-6-13(15)10-12/h4-6,10,14,18H,2-3,7-9,11,16H2,1H3. The van der Waals surface area contributed by atoms with Crippen LogP contribution in [0.25, 0.3) is 0 Å². The lowest BCUT2D eigenvalue weighted by atomic mass is 10.0. The Morgan fingerprint density at radius 3 is 2.72 bits per heavy atom. The van der Waals surface area contributed by atoms with E-state index >= 15 is 0 Å². The Morgan fingerprint density at radius 1 is 1.39 bits per heavy atom. The van der Waals surface area contributed by atoms with Crippen LogP contribution in [0.1, 0.15) is 31.4 Å². The van der Waals surface area contributed by atoms with Gasteiger partial charge >= 0.3 is 0 Å². The number of halogens is 1. The fourth-order valence-electron chi connectivity index (χ4n) is 2.12. The second-order valence-corrected chi connectivity index (χ2v) is 4.86. The monoisotopic (exact) mass is 270 g/mol. The minimum atomic E-state index is 0.127. The van der Waals surface area contributed by atoms with E-state index in [-0.39, 0.29) is 12.6 Å². The highest BCUT2D eigenvalue weighted by Gasteiger charge is 2.18. The number of unbranched alkanes of at least 4 members (excludes halogenated alkanes) is 1. The third kappa shape index (κ3) is 4.58. The van der Waals surface area contributed by atoms with Crippen LogP contribution in [0.5, 0.6) is 0 Å². The zero-order valence-electron chi connectivity index (χ0n) is 11.0. The highest BCUT2D eigenvalue weighted by atomic mass is 35.5. The van der Waals surface area contributed by atoms with Gasteiger partial charge in [0.2, 0.25) is 0 Å². The van der Waals surface area contributed by atoms with Crippen molar-refractivity contribution < 1.29 is 5.11 Å². The molecule has 0 radical (unpaired) electrons. The summed E-state index contributed by atoms with van der Waals surface area (Å²) >= 11 is 6.02. The van der Waals surface area contributed by atoms with E-state index in [1.807, 2.05) is 24.3 Å². The maximum absolute atomic E-state index is 9.17. The van der Waals surface area contributed by atoms with Gasteiger partial charge in [-0.2, -0.15) is 0 Å². The Balaban J connectivity index is 2.83. The van der Waals surface area contributed by atoms with Crippen LogP contribution in [0.3, 0.4) is 0 Å². The van der Waals surface area contributed by atoms with Crippen molar-refractivity contribution in [2.45, 2.75) is 25.8 Å². The second-order valence-electron chi connectivity index (χ2n) is 4.42. The molecule has 102 valence electrons. The van der Waals surface area contributed by atoms with Crippen LogP contribution < -0.4 is 5.73 Å². The maximum atomic E-state index is 9.17. The normalized spacial score (nSPS) is 12.9. The van der Waals surface area contributed by atoms with E-state index in [1.165, 1.54) is 0 Å². The van der Waals surface area contributed by atoms with Crippen LogP contribution in [-0.2, 0) is 0 Å². The molecule has 0 fully saturated rings. The van der Waals surface area contributed by atoms with Crippen molar-refractivity contribution in [2.24, 2.45) is 5.73 Å². The van der Waals surface area contributed by atoms with Crippen LogP contribution in [0, 0.1) is 0 Å². The first-order valence-electron chi connectivity index (χ1n) is 6.53. The molecular weight excluding hydrogens is 248 g/mol. The van der Waals surface area contributed by atoms with Gasteiger partial charge in [0.25, 0.3) is 0 Å². The quantitative estimate of drug-likeness (QED) is 0.763. The minimum Gasteiger partial charge on any atom is -0.395 e. The van der Waals surface area contributed by atoms with Crippen molar-refractivity contribution in [3.63, 3.8) is 0 Å². The van der Waals surface area contributed by atoms with Gasteiger partial charge < -0.3 is 10.8 Å². The van der Waals surface area contributed by atoms with E-state index in [0.717, 1.165) is 30.0 Å². The SMILES string of the molecule is CCCCN(CCO)C(CN)c1cccc(Cl)c1. The summed E-state index contributed by atoms with van der Waals surface area (Å²) in [4.78, 5) is 2.23. The molecule has 0 aromatic heterocycles. The molecule has 0 aliphatic rings. The zero-order chi connectivity index (χ0) is 13.4. The molecule has 1 unspecified atom stereocenters. The summed E-state index contributed by atoms with van der Waals surface area (Å²) in [5.74, 6) is 0. The predicted molar refractivity (Wildman–Crippen MR) is 76.8 cm³/mol. The van der Waals surface area contributed by atoms with Gasteiger partial charge in [-0.05, 0) is 30.7 Å². The number of hydrogen-bond acceptors (Lipinski definition) is 3. The third-order valence-electron chi connectivity index (χ3n) is 3.08. The lowest BCUT2D eigenvalue weighted by Crippen LogP contribution is -2.36. The van der Waals surface area contributed by atoms with Crippen LogP contribution >= 0.6 is 11.6 Å². The Morgan fingerprint density at radius 2 is 2.17 bits per heavy atom. The molecular formula is C14H23ClN2O. The third-order valence-corrected chi connectivity index (χ3v) is 3.32. The molecule has 1 atom stereocenters. The highest BCUT2D eigenvalue weighted by Crippen LogP contribution is 2.22. The maximum Gasteiger partial charge on any atom is 0.0558 e. The molecule has 1 rings (SSSR count). The molecule has 3 nitrogen and oxygen atoms in total. The summed E-state index contributed by atoms with van der Waals surface area (Å²) in [5, 5.41) is 9.90. The van der Waals surface area contributed by atoms with E-state index in [4.69, 9.17) is 17.3 Å². The lowest BCUT2D eigenvalue weighted by Gasteiger charge is -2.30. The fraction of sp³-hybridized carbons (Fsp3) is 0.571. The van der Waals surface area contributed by atoms with Gasteiger partial charge in [0.15, 0.2) is 0 Å². The first-order chi connectivity index (χ1) is 8.72. The molecule has 0 aliphatic carbocycles. The topological polar surface area (TPSA) is 49.5 Å². The zero-order valence-corrected chi connectivity index (χ0v) is 11.7. The fourth-order valence-corrected chi connectivity index (χ4v) is 2.32. The van der Waals surface area contributed by atoms with Crippen molar-refractivity contribution in [1.29, 1.82) is 0 Å². The molecule has 0 bridgehead atoms. The summed E-state index contributed by atoms with van der Waals surface area (Å²) in [5.41, 5.74) is 7.01. The molecule has 4 heteroatoms. The lowest BCUT2D eigenvalue weighted by molar-refractivity contribution is 0.151. The molecule has 1 aromatic carbocycles. The Hall–Kier alpha value is -0.610. The molecule has 0 aliphatic heterocycles. The number of hydrogen-bond donors (Lipinski definition) is 2. The predicted octanol–water partition coefficient (Wildman–Crippen LogP) is 2.43. The van der Waals surface area contributed by atoms with Gasteiger partial charge in [-0.3, -0.25) is 4.90 Å². The van der Waals surface area contributed by atoms with Gasteiger partial charge in [-0.25, -0.2) is 0 Å². The second kappa shape index (κ2) is 8.48. The average molecular weight is 271 g/mol. The Kier molecular flexibility index (Phi) is 7.28. The van der Waals surface area contributed by atoms with E-state index in [2.05, 4.69) is 11.8 Å². The number of benzene rings is 1. The van der Waals surface area contributed by atoms with E-state index in [9.17, 15) is 5.11 Å². The average Bonchev–Trinajstić information content (AvgIpc) is 2.37. The highest BCUT2D eigenvalue weighted by molar-refractivity contribution is 6.30. The molecule has 0 heterocycles. The number of aliphatic hydroxyl groups excluding tert-OH is 1. The van der Waals surface area contributed by atoms with Gasteiger partial charge in [0.05, 0.1) is 6.61 Å². The van der Waals surface area contributed by atoms with Crippen LogP contribution in [0.15, 0.2) is 24.3 Å². The van der Waals surface area contributed by atoms with Crippen molar-refractivity contribution in [3.05, 3.63) is 34.9 Å². The van der Waals surface area contributed by atoms with Crippen molar-refractivity contribution >= 4 is 11.6 Å². The summed E-state index contributed by atoms with van der Waals surface area (Å²) in [7, 11) is 0. The van der Waals surface area contributed by atoms with Crippen LogP contribution in [0.4, 0.5) is 0 Å². The molecule has 0 saturated heterocycles. The smallest absolute Gasteiger partial charge is 0.0558 e. The summed E-state index contributed by atoms with van der Waals surface area (Å²) in [6.45, 7) is 4.44. The van der Waals surface area contributed by atoms with Crippen molar-refractivity contribution in [3.8, 4) is 0 Å². The van der Waals surface area contributed by atoms with Gasteiger partial charge in [0, 0.05) is 24.2 Å². The molecule has 1 aromatic rings. The first kappa shape index (κ1) is 15.4. The van der Waals surface area contributed by atoms with Gasteiger partial charge in [0.1, 0.15) is 0 Å². The Bertz CT molecular complexity index is 346. The van der Waals surface area contributed by atoms with Gasteiger partial charge in [-0.1, -0.05) is 37.1 Å². The minimum absolute atomic E-state index is 0.127. The van der Waals surface area contributed by atoms with Gasteiger partial charge in [-0.15, -0.1) is 0 Å².